The minimum atomic E-state index is -0.723. The highest BCUT2D eigenvalue weighted by Crippen LogP contribution is 2.40. The Morgan fingerprint density at radius 3 is 2.58 bits per heavy atom. The fourth-order valence-electron chi connectivity index (χ4n) is 3.81. The van der Waals surface area contributed by atoms with Gasteiger partial charge in [-0.1, -0.05) is 12.5 Å². The molecule has 100 valence electrons. The van der Waals surface area contributed by atoms with Crippen LogP contribution < -0.4 is 5.32 Å². The quantitative estimate of drug-likeness (QED) is 0.811. The van der Waals surface area contributed by atoms with Gasteiger partial charge in [-0.2, -0.15) is 5.26 Å². The van der Waals surface area contributed by atoms with Gasteiger partial charge in [0.05, 0.1) is 17.2 Å². The maximum absolute atomic E-state index is 11.1. The van der Waals surface area contributed by atoms with E-state index in [-0.39, 0.29) is 0 Å². The van der Waals surface area contributed by atoms with Crippen molar-refractivity contribution >= 4 is 0 Å². The van der Waals surface area contributed by atoms with E-state index in [1.807, 2.05) is 25.1 Å². The van der Waals surface area contributed by atoms with Crippen LogP contribution in [-0.2, 0) is 5.60 Å². The average Bonchev–Trinajstić information content (AvgIpc) is 2.37. The molecule has 1 aromatic rings. The van der Waals surface area contributed by atoms with Gasteiger partial charge in [-0.25, -0.2) is 0 Å². The summed E-state index contributed by atoms with van der Waals surface area (Å²) in [5, 5.41) is 23.6. The van der Waals surface area contributed by atoms with Crippen molar-refractivity contribution in [3.8, 4) is 6.07 Å². The van der Waals surface area contributed by atoms with Gasteiger partial charge in [-0.3, -0.25) is 0 Å². The number of rotatable bonds is 1. The number of aliphatic hydroxyl groups is 1. The molecule has 2 saturated heterocycles. The van der Waals surface area contributed by atoms with Gasteiger partial charge in [0.25, 0.3) is 0 Å². The highest BCUT2D eigenvalue weighted by Gasteiger charge is 2.42. The van der Waals surface area contributed by atoms with Crippen LogP contribution in [0, 0.1) is 18.3 Å². The van der Waals surface area contributed by atoms with Crippen LogP contribution in [0.3, 0.4) is 0 Å². The largest absolute Gasteiger partial charge is 0.385 e. The van der Waals surface area contributed by atoms with E-state index in [9.17, 15) is 5.11 Å². The SMILES string of the molecule is Cc1cc(C#N)ccc1C1(O)CC2CCCC(C1)N2. The van der Waals surface area contributed by atoms with Crippen LogP contribution in [-0.4, -0.2) is 17.2 Å². The van der Waals surface area contributed by atoms with Crippen LogP contribution in [0.2, 0.25) is 0 Å². The lowest BCUT2D eigenvalue weighted by atomic mass is 9.73. The fraction of sp³-hybridized carbons (Fsp3) is 0.562. The normalized spacial score (nSPS) is 33.7. The Labute approximate surface area is 114 Å². The molecule has 2 fully saturated rings. The second-order valence-electron chi connectivity index (χ2n) is 6.07. The van der Waals surface area contributed by atoms with Gasteiger partial charge >= 0.3 is 0 Å². The summed E-state index contributed by atoms with van der Waals surface area (Å²) >= 11 is 0. The van der Waals surface area contributed by atoms with Crippen LogP contribution in [0.1, 0.15) is 48.8 Å². The van der Waals surface area contributed by atoms with E-state index in [1.165, 1.54) is 6.42 Å². The summed E-state index contributed by atoms with van der Waals surface area (Å²) in [5.74, 6) is 0. The predicted octanol–water partition coefficient (Wildman–Crippen LogP) is 2.36. The van der Waals surface area contributed by atoms with Gasteiger partial charge in [0, 0.05) is 12.1 Å². The fourth-order valence-corrected chi connectivity index (χ4v) is 3.81. The van der Waals surface area contributed by atoms with E-state index in [2.05, 4.69) is 11.4 Å². The van der Waals surface area contributed by atoms with Crippen LogP contribution in [0.5, 0.6) is 0 Å². The first-order valence-electron chi connectivity index (χ1n) is 7.10. The Kier molecular flexibility index (Phi) is 3.08. The summed E-state index contributed by atoms with van der Waals surface area (Å²) in [4.78, 5) is 0. The van der Waals surface area contributed by atoms with Crippen molar-refractivity contribution < 1.29 is 5.11 Å². The summed E-state index contributed by atoms with van der Waals surface area (Å²) < 4.78 is 0. The van der Waals surface area contributed by atoms with Gasteiger partial charge in [-0.15, -0.1) is 0 Å². The third-order valence-electron chi connectivity index (χ3n) is 4.60. The van der Waals surface area contributed by atoms with Gasteiger partial charge < -0.3 is 10.4 Å². The topological polar surface area (TPSA) is 56.0 Å². The van der Waals surface area contributed by atoms with Crippen molar-refractivity contribution in [3.63, 3.8) is 0 Å². The molecule has 1 aromatic carbocycles. The van der Waals surface area contributed by atoms with Crippen molar-refractivity contribution in [1.82, 2.24) is 5.32 Å². The van der Waals surface area contributed by atoms with E-state index in [0.29, 0.717) is 17.6 Å². The molecule has 0 aromatic heterocycles. The third-order valence-corrected chi connectivity index (χ3v) is 4.60. The highest BCUT2D eigenvalue weighted by atomic mass is 16.3. The number of benzene rings is 1. The molecular formula is C16H20N2O. The maximum Gasteiger partial charge on any atom is 0.0991 e. The Bertz CT molecular complexity index is 520. The van der Waals surface area contributed by atoms with Gasteiger partial charge in [-0.05, 0) is 55.9 Å². The summed E-state index contributed by atoms with van der Waals surface area (Å²) in [6.45, 7) is 1.99. The predicted molar refractivity (Wildman–Crippen MR) is 73.6 cm³/mol. The number of nitrogens with one attached hydrogen (secondary N) is 1. The van der Waals surface area contributed by atoms with E-state index in [0.717, 1.165) is 36.8 Å². The van der Waals surface area contributed by atoms with Crippen LogP contribution >= 0.6 is 0 Å². The molecule has 3 heteroatoms. The lowest BCUT2D eigenvalue weighted by Gasteiger charge is -2.46. The highest BCUT2D eigenvalue weighted by molar-refractivity contribution is 5.40. The van der Waals surface area contributed by atoms with Crippen molar-refractivity contribution in [3.05, 3.63) is 34.9 Å². The molecule has 0 aliphatic carbocycles. The Morgan fingerprint density at radius 1 is 1.32 bits per heavy atom. The summed E-state index contributed by atoms with van der Waals surface area (Å²) in [6.07, 6.45) is 5.17. The molecule has 2 unspecified atom stereocenters. The molecule has 0 amide bonds. The number of piperidine rings is 2. The zero-order valence-corrected chi connectivity index (χ0v) is 11.3. The number of nitriles is 1. The molecule has 0 spiro atoms. The van der Waals surface area contributed by atoms with Crippen molar-refractivity contribution in [2.75, 3.05) is 0 Å². The molecule has 2 aliphatic rings. The molecule has 19 heavy (non-hydrogen) atoms. The summed E-state index contributed by atoms with van der Waals surface area (Å²) in [7, 11) is 0. The van der Waals surface area contributed by atoms with E-state index in [4.69, 9.17) is 5.26 Å². The van der Waals surface area contributed by atoms with Crippen LogP contribution in [0.4, 0.5) is 0 Å². The van der Waals surface area contributed by atoms with Crippen LogP contribution in [0.15, 0.2) is 18.2 Å². The maximum atomic E-state index is 11.1. The number of aryl methyl sites for hydroxylation is 1. The van der Waals surface area contributed by atoms with Crippen molar-refractivity contribution in [1.29, 1.82) is 5.26 Å². The van der Waals surface area contributed by atoms with Crippen molar-refractivity contribution in [2.45, 2.75) is 56.7 Å². The van der Waals surface area contributed by atoms with Gasteiger partial charge in [0.15, 0.2) is 0 Å². The average molecular weight is 256 g/mol. The monoisotopic (exact) mass is 256 g/mol. The molecule has 0 saturated carbocycles. The van der Waals surface area contributed by atoms with E-state index < -0.39 is 5.60 Å². The molecule has 2 atom stereocenters. The lowest BCUT2D eigenvalue weighted by Crippen LogP contribution is -2.54. The number of hydrogen-bond donors (Lipinski definition) is 2. The number of fused-ring (bicyclic) bond motifs is 2. The minimum absolute atomic E-state index is 0.438. The Hall–Kier alpha value is -1.37. The Morgan fingerprint density at radius 2 is 2.00 bits per heavy atom. The second kappa shape index (κ2) is 4.63. The molecular weight excluding hydrogens is 236 g/mol. The Balaban J connectivity index is 1.94. The lowest BCUT2D eigenvalue weighted by molar-refractivity contribution is -0.0363. The number of hydrogen-bond acceptors (Lipinski definition) is 3. The molecule has 3 nitrogen and oxygen atoms in total. The first-order chi connectivity index (χ1) is 9.10. The standard InChI is InChI=1S/C16H20N2O/c1-11-7-12(10-17)5-6-15(11)16(19)8-13-3-2-4-14(9-16)18-13/h5-7,13-14,18-19H,2-4,8-9H2,1H3. The minimum Gasteiger partial charge on any atom is -0.385 e. The van der Waals surface area contributed by atoms with E-state index >= 15 is 0 Å². The molecule has 3 rings (SSSR count). The summed E-state index contributed by atoms with van der Waals surface area (Å²) in [5.41, 5.74) is 1.98. The first kappa shape index (κ1) is 12.7. The van der Waals surface area contributed by atoms with E-state index in [1.54, 1.807) is 0 Å². The smallest absolute Gasteiger partial charge is 0.0991 e. The molecule has 0 radical (unpaired) electrons. The van der Waals surface area contributed by atoms with Gasteiger partial charge in [0.1, 0.15) is 0 Å². The van der Waals surface area contributed by atoms with Crippen molar-refractivity contribution in [2.24, 2.45) is 0 Å². The second-order valence-corrected chi connectivity index (χ2v) is 6.07. The molecule has 2 N–H and O–H groups in total. The molecule has 2 heterocycles. The van der Waals surface area contributed by atoms with Gasteiger partial charge in [0.2, 0.25) is 0 Å². The first-order valence-corrected chi connectivity index (χ1v) is 7.10. The zero-order chi connectivity index (χ0) is 13.5. The summed E-state index contributed by atoms with van der Waals surface area (Å²) in [6, 6.07) is 8.67. The molecule has 2 bridgehead atoms. The number of nitrogens with zero attached hydrogens (tertiary/aromatic N) is 1. The third kappa shape index (κ3) is 2.27. The molecule has 2 aliphatic heterocycles. The van der Waals surface area contributed by atoms with Crippen LogP contribution in [0.25, 0.3) is 0 Å². The zero-order valence-electron chi connectivity index (χ0n) is 11.3.